The highest BCUT2D eigenvalue weighted by Gasteiger charge is 2.29. The normalized spacial score (nSPS) is 15.6. The second-order valence-corrected chi connectivity index (χ2v) is 12.4. The van der Waals surface area contributed by atoms with Gasteiger partial charge in [0.05, 0.1) is 22.2 Å². The van der Waals surface area contributed by atoms with E-state index in [1.165, 1.54) is 11.1 Å². The Balaban J connectivity index is 1.50. The molecule has 0 aliphatic carbocycles. The average molecular weight is 481 g/mol. The molecule has 0 radical (unpaired) electrons. The fourth-order valence-electron chi connectivity index (χ4n) is 3.54. The van der Waals surface area contributed by atoms with E-state index < -0.39 is 15.4 Å². The number of likely N-dealkylation sites (tertiary alicyclic amines) is 1. The summed E-state index contributed by atoms with van der Waals surface area (Å²) in [5.41, 5.74) is 0.555. The van der Waals surface area contributed by atoms with Crippen molar-refractivity contribution < 1.29 is 22.7 Å². The Morgan fingerprint density at radius 3 is 2.38 bits per heavy atom. The largest absolute Gasteiger partial charge is 0.493 e. The van der Waals surface area contributed by atoms with Gasteiger partial charge in [-0.15, -0.1) is 11.3 Å². The quantitative estimate of drug-likeness (QED) is 0.601. The van der Waals surface area contributed by atoms with Crippen LogP contribution >= 0.6 is 11.3 Å². The maximum absolute atomic E-state index is 12.3. The summed E-state index contributed by atoms with van der Waals surface area (Å²) in [6.07, 6.45) is 3.40. The van der Waals surface area contributed by atoms with Crippen molar-refractivity contribution in [2.45, 2.75) is 63.4 Å². The number of carbonyl (C=O) groups is 1. The van der Waals surface area contributed by atoms with E-state index in [-0.39, 0.29) is 11.0 Å². The van der Waals surface area contributed by atoms with Crippen molar-refractivity contribution in [1.82, 2.24) is 9.88 Å². The summed E-state index contributed by atoms with van der Waals surface area (Å²) >= 11 is 1.72. The summed E-state index contributed by atoms with van der Waals surface area (Å²) in [6.45, 7) is 9.55. The molecule has 2 heterocycles. The molecule has 0 unspecified atom stereocenters. The molecule has 1 aromatic heterocycles. The molecule has 1 aromatic carbocycles. The van der Waals surface area contributed by atoms with Crippen LogP contribution in [0.1, 0.15) is 55.1 Å². The molecule has 0 N–H and O–H groups in total. The number of hydrogen-bond acceptors (Lipinski definition) is 7. The molecule has 0 saturated carbocycles. The molecule has 0 spiro atoms. The molecule has 1 saturated heterocycles. The standard InChI is InChI=1S/C23H32N2O5S2/c1-16-20(12-15-29-18-6-8-19(9-7-18)32(5,27)28)24-21(31-16)17-10-13-25(14-11-17)22(26)30-23(2,3)4/h6-9,17H,10-15H2,1-5H3. The number of amides is 1. The number of hydrogen-bond donors (Lipinski definition) is 0. The number of sulfone groups is 1. The zero-order valence-corrected chi connectivity index (χ0v) is 21.0. The lowest BCUT2D eigenvalue weighted by Gasteiger charge is -2.32. The predicted octanol–water partition coefficient (Wildman–Crippen LogP) is 4.59. The molecule has 0 bridgehead atoms. The van der Waals surface area contributed by atoms with Gasteiger partial charge in [0.2, 0.25) is 0 Å². The lowest BCUT2D eigenvalue weighted by molar-refractivity contribution is 0.0204. The third-order valence-corrected chi connectivity index (χ3v) is 7.57. The third kappa shape index (κ3) is 6.68. The van der Waals surface area contributed by atoms with E-state index in [1.54, 1.807) is 40.5 Å². The molecule has 1 aliphatic rings. The summed E-state index contributed by atoms with van der Waals surface area (Å²) in [6, 6.07) is 6.46. The van der Waals surface area contributed by atoms with Crippen LogP contribution in [0, 0.1) is 6.92 Å². The van der Waals surface area contributed by atoms with E-state index >= 15 is 0 Å². The van der Waals surface area contributed by atoms with E-state index in [1.807, 2.05) is 20.8 Å². The minimum atomic E-state index is -3.21. The van der Waals surface area contributed by atoms with E-state index in [0.717, 1.165) is 23.5 Å². The van der Waals surface area contributed by atoms with Gasteiger partial charge in [-0.05, 0) is 64.8 Å². The van der Waals surface area contributed by atoms with Crippen LogP contribution in [0.25, 0.3) is 0 Å². The molecule has 9 heteroatoms. The number of piperidine rings is 1. The smallest absolute Gasteiger partial charge is 0.410 e. The molecule has 176 valence electrons. The van der Waals surface area contributed by atoms with E-state index in [9.17, 15) is 13.2 Å². The zero-order chi connectivity index (χ0) is 23.5. The van der Waals surface area contributed by atoms with Gasteiger partial charge in [0, 0.05) is 36.6 Å². The maximum Gasteiger partial charge on any atom is 0.410 e. The van der Waals surface area contributed by atoms with E-state index in [0.29, 0.717) is 37.8 Å². The number of thiazole rings is 1. The first-order valence-corrected chi connectivity index (χ1v) is 13.5. The molecule has 7 nitrogen and oxygen atoms in total. The Morgan fingerprint density at radius 2 is 1.81 bits per heavy atom. The molecule has 3 rings (SSSR count). The van der Waals surface area contributed by atoms with Crippen molar-refractivity contribution in [3.8, 4) is 5.75 Å². The van der Waals surface area contributed by atoms with Crippen LogP contribution in [0.15, 0.2) is 29.2 Å². The second kappa shape index (κ2) is 9.79. The fourth-order valence-corrected chi connectivity index (χ4v) is 5.31. The molecule has 0 atom stereocenters. The van der Waals surface area contributed by atoms with Gasteiger partial charge >= 0.3 is 6.09 Å². The first-order chi connectivity index (χ1) is 14.9. The molecule has 1 amide bonds. The number of rotatable bonds is 6. The molecule has 32 heavy (non-hydrogen) atoms. The highest BCUT2D eigenvalue weighted by atomic mass is 32.2. The van der Waals surface area contributed by atoms with Crippen LogP contribution in [0.3, 0.4) is 0 Å². The van der Waals surface area contributed by atoms with Crippen molar-refractivity contribution in [1.29, 1.82) is 0 Å². The van der Waals surface area contributed by atoms with Crippen molar-refractivity contribution in [2.24, 2.45) is 0 Å². The van der Waals surface area contributed by atoms with Crippen molar-refractivity contribution >= 4 is 27.3 Å². The Hall–Kier alpha value is -2.13. The summed E-state index contributed by atoms with van der Waals surface area (Å²) in [4.78, 5) is 20.4. The third-order valence-electron chi connectivity index (χ3n) is 5.26. The number of aromatic nitrogens is 1. The topological polar surface area (TPSA) is 85.8 Å². The van der Waals surface area contributed by atoms with Gasteiger partial charge in [0.1, 0.15) is 11.4 Å². The van der Waals surface area contributed by atoms with Gasteiger partial charge in [0.15, 0.2) is 9.84 Å². The summed E-state index contributed by atoms with van der Waals surface area (Å²) in [7, 11) is -3.21. The number of nitrogens with zero attached hydrogens (tertiary/aromatic N) is 2. The zero-order valence-electron chi connectivity index (χ0n) is 19.4. The van der Waals surface area contributed by atoms with Gasteiger partial charge in [-0.2, -0.15) is 0 Å². The number of benzene rings is 1. The maximum atomic E-state index is 12.3. The number of carbonyl (C=O) groups excluding carboxylic acids is 1. The van der Waals surface area contributed by atoms with E-state index in [4.69, 9.17) is 14.5 Å². The first kappa shape index (κ1) is 24.5. The van der Waals surface area contributed by atoms with Crippen molar-refractivity contribution in [3.63, 3.8) is 0 Å². The monoisotopic (exact) mass is 480 g/mol. The van der Waals surface area contributed by atoms with Crippen molar-refractivity contribution in [3.05, 3.63) is 39.8 Å². The first-order valence-electron chi connectivity index (χ1n) is 10.8. The highest BCUT2D eigenvalue weighted by Crippen LogP contribution is 2.33. The second-order valence-electron chi connectivity index (χ2n) is 9.14. The van der Waals surface area contributed by atoms with Crippen LogP contribution in [0.2, 0.25) is 0 Å². The van der Waals surface area contributed by atoms with Gasteiger partial charge in [-0.1, -0.05) is 0 Å². The summed E-state index contributed by atoms with van der Waals surface area (Å²) in [5.74, 6) is 0.996. The van der Waals surface area contributed by atoms with Gasteiger partial charge in [-0.25, -0.2) is 18.2 Å². The molecular formula is C23H32N2O5S2. The van der Waals surface area contributed by atoms with E-state index in [2.05, 4.69) is 6.92 Å². The SMILES string of the molecule is Cc1sc(C2CCN(C(=O)OC(C)(C)C)CC2)nc1CCOc1ccc(S(C)(=O)=O)cc1. The van der Waals surface area contributed by atoms with Gasteiger partial charge in [-0.3, -0.25) is 0 Å². The minimum Gasteiger partial charge on any atom is -0.493 e. The van der Waals surface area contributed by atoms with Crippen LogP contribution in [-0.4, -0.2) is 55.9 Å². The van der Waals surface area contributed by atoms with Crippen LogP contribution in [0.4, 0.5) is 4.79 Å². The van der Waals surface area contributed by atoms with Crippen LogP contribution < -0.4 is 4.74 Å². The molecule has 1 fully saturated rings. The fraction of sp³-hybridized carbons (Fsp3) is 0.565. The lowest BCUT2D eigenvalue weighted by Crippen LogP contribution is -2.41. The Kier molecular flexibility index (Phi) is 7.50. The molecule has 2 aromatic rings. The number of ether oxygens (including phenoxy) is 2. The average Bonchev–Trinajstić information content (AvgIpc) is 3.07. The number of aryl methyl sites for hydroxylation is 1. The minimum absolute atomic E-state index is 0.242. The molecule has 1 aliphatic heterocycles. The Labute approximate surface area is 194 Å². The Morgan fingerprint density at radius 1 is 1.19 bits per heavy atom. The van der Waals surface area contributed by atoms with Gasteiger partial charge < -0.3 is 14.4 Å². The Bertz CT molecular complexity index is 1030. The highest BCUT2D eigenvalue weighted by molar-refractivity contribution is 7.90. The summed E-state index contributed by atoms with van der Waals surface area (Å²) in [5, 5.41) is 1.12. The van der Waals surface area contributed by atoms with Crippen LogP contribution in [0.5, 0.6) is 5.75 Å². The van der Waals surface area contributed by atoms with Crippen LogP contribution in [-0.2, 0) is 21.0 Å². The summed E-state index contributed by atoms with van der Waals surface area (Å²) < 4.78 is 34.3. The molecular weight excluding hydrogens is 448 g/mol. The van der Waals surface area contributed by atoms with Crippen molar-refractivity contribution in [2.75, 3.05) is 26.0 Å². The lowest BCUT2D eigenvalue weighted by atomic mass is 9.98. The van der Waals surface area contributed by atoms with Gasteiger partial charge in [0.25, 0.3) is 0 Å². The predicted molar refractivity (Wildman–Crippen MR) is 125 cm³/mol.